The highest BCUT2D eigenvalue weighted by molar-refractivity contribution is 5.94. The van der Waals surface area contributed by atoms with Crippen molar-refractivity contribution in [2.45, 2.75) is 31.2 Å². The molecular weight excluding hydrogens is 424 g/mol. The van der Waals surface area contributed by atoms with E-state index in [0.29, 0.717) is 12.0 Å². The lowest BCUT2D eigenvalue weighted by atomic mass is 9.77. The molecule has 35 heavy (non-hydrogen) atoms. The van der Waals surface area contributed by atoms with Crippen LogP contribution in [-0.2, 0) is 6.42 Å². The van der Waals surface area contributed by atoms with E-state index < -0.39 is 0 Å². The molecular formula is C33H28N2+2. The standard InChI is InChI=1S/C33H28N2/c1-23-22-32-29(18-17-24-10-2-4-12-26(24)31-16-8-9-20-34(23)31)28-14-6-7-15-30(28)33-27-13-5-3-11-25(27)19-21-35(32)33/h2-16,19-21,29,32H,1,17-18,22H2/q+2. The van der Waals surface area contributed by atoms with E-state index in [1.54, 1.807) is 0 Å². The fourth-order valence-electron chi connectivity index (χ4n) is 6.40. The zero-order chi connectivity index (χ0) is 23.4. The smallest absolute Gasteiger partial charge is 0.194 e. The van der Waals surface area contributed by atoms with Crippen molar-refractivity contribution in [1.29, 1.82) is 0 Å². The lowest BCUT2D eigenvalue weighted by molar-refractivity contribution is -0.719. The van der Waals surface area contributed by atoms with Crippen LogP contribution in [-0.4, -0.2) is 0 Å². The van der Waals surface area contributed by atoms with Crippen LogP contribution in [0.1, 0.15) is 35.9 Å². The quantitative estimate of drug-likeness (QED) is 0.226. The number of aromatic nitrogens is 2. The number of fused-ring (bicyclic) bond motifs is 11. The first-order valence-corrected chi connectivity index (χ1v) is 12.6. The minimum Gasteiger partial charge on any atom is -0.194 e. The van der Waals surface area contributed by atoms with Gasteiger partial charge in [-0.25, -0.2) is 0 Å². The van der Waals surface area contributed by atoms with Gasteiger partial charge < -0.3 is 0 Å². The third-order valence-corrected chi connectivity index (χ3v) is 7.99. The van der Waals surface area contributed by atoms with Crippen molar-refractivity contribution in [2.75, 3.05) is 0 Å². The third-order valence-electron chi connectivity index (χ3n) is 7.99. The SMILES string of the molecule is C=C1CC2C(CCc3ccccc3-c3cccc[n+]31)c1ccccc1-c1c3ccccc3cc[n+]12. The first-order valence-electron chi connectivity index (χ1n) is 12.6. The van der Waals surface area contributed by atoms with Crippen LogP contribution in [0.3, 0.4) is 0 Å². The van der Waals surface area contributed by atoms with E-state index in [-0.39, 0.29) is 0 Å². The summed E-state index contributed by atoms with van der Waals surface area (Å²) in [6.07, 6.45) is 7.55. The maximum absolute atomic E-state index is 4.63. The van der Waals surface area contributed by atoms with E-state index in [4.69, 9.17) is 0 Å². The molecule has 5 aromatic rings. The molecule has 0 aliphatic carbocycles. The maximum Gasteiger partial charge on any atom is 0.220 e. The number of rotatable bonds is 0. The largest absolute Gasteiger partial charge is 0.220 e. The van der Waals surface area contributed by atoms with E-state index in [1.165, 1.54) is 44.4 Å². The molecule has 0 spiro atoms. The molecule has 2 nitrogen and oxygen atoms in total. The molecule has 7 rings (SSSR count). The van der Waals surface area contributed by atoms with Gasteiger partial charge >= 0.3 is 0 Å². The number of hydrogen-bond acceptors (Lipinski definition) is 0. The van der Waals surface area contributed by atoms with Crippen molar-refractivity contribution in [3.05, 3.63) is 127 Å². The van der Waals surface area contributed by atoms with E-state index in [9.17, 15) is 0 Å². The van der Waals surface area contributed by atoms with Crippen LogP contribution in [0, 0.1) is 0 Å². The van der Waals surface area contributed by atoms with Crippen LogP contribution in [0.4, 0.5) is 0 Å². The average molecular weight is 453 g/mol. The van der Waals surface area contributed by atoms with Gasteiger partial charge in [0.25, 0.3) is 0 Å². The predicted molar refractivity (Wildman–Crippen MR) is 142 cm³/mol. The van der Waals surface area contributed by atoms with Crippen molar-refractivity contribution < 1.29 is 9.13 Å². The highest BCUT2D eigenvalue weighted by Crippen LogP contribution is 2.45. The van der Waals surface area contributed by atoms with Crippen molar-refractivity contribution in [2.24, 2.45) is 0 Å². The lowest BCUT2D eigenvalue weighted by Crippen LogP contribution is -2.49. The number of hydrogen-bond donors (Lipinski definition) is 0. The fourth-order valence-corrected chi connectivity index (χ4v) is 6.40. The summed E-state index contributed by atoms with van der Waals surface area (Å²) in [5.74, 6) is 0.417. The Morgan fingerprint density at radius 3 is 2.43 bits per heavy atom. The summed E-state index contributed by atoms with van der Waals surface area (Å²) < 4.78 is 4.86. The number of allylic oxidation sites excluding steroid dienone is 1. The molecule has 0 amide bonds. The molecule has 0 saturated carbocycles. The zero-order valence-electron chi connectivity index (χ0n) is 19.8. The van der Waals surface area contributed by atoms with Gasteiger partial charge in [0, 0.05) is 29.7 Å². The van der Waals surface area contributed by atoms with Crippen molar-refractivity contribution >= 4 is 16.5 Å². The van der Waals surface area contributed by atoms with Gasteiger partial charge in [0.05, 0.1) is 17.4 Å². The topological polar surface area (TPSA) is 7.76 Å². The molecule has 0 N–H and O–H groups in total. The van der Waals surface area contributed by atoms with Crippen LogP contribution in [0.15, 0.2) is 116 Å². The fraction of sp³-hybridized carbons (Fsp3) is 0.152. The van der Waals surface area contributed by atoms with E-state index >= 15 is 0 Å². The van der Waals surface area contributed by atoms with Gasteiger partial charge in [-0.2, -0.15) is 9.13 Å². The summed E-state index contributed by atoms with van der Waals surface area (Å²) in [7, 11) is 0. The highest BCUT2D eigenvalue weighted by atomic mass is 15.0. The summed E-state index contributed by atoms with van der Waals surface area (Å²) in [5, 5.41) is 2.61. The van der Waals surface area contributed by atoms with Crippen molar-refractivity contribution in [1.82, 2.24) is 0 Å². The van der Waals surface area contributed by atoms with Gasteiger partial charge in [-0.3, -0.25) is 0 Å². The first kappa shape index (κ1) is 20.3. The van der Waals surface area contributed by atoms with E-state index in [0.717, 1.165) is 25.0 Å². The summed E-state index contributed by atoms with van der Waals surface area (Å²) in [5.41, 5.74) is 9.27. The third kappa shape index (κ3) is 3.17. The summed E-state index contributed by atoms with van der Waals surface area (Å²) >= 11 is 0. The Kier molecular flexibility index (Phi) is 4.66. The van der Waals surface area contributed by atoms with Crippen molar-refractivity contribution in [3.8, 4) is 22.5 Å². The molecule has 2 aliphatic rings. The summed E-state index contributed by atoms with van der Waals surface area (Å²) in [6, 6.07) is 35.8. The molecule has 0 bridgehead atoms. The van der Waals surface area contributed by atoms with E-state index in [2.05, 4.69) is 125 Å². The van der Waals surface area contributed by atoms with Crippen LogP contribution in [0.25, 0.3) is 39.0 Å². The zero-order valence-corrected chi connectivity index (χ0v) is 19.8. The molecule has 3 aromatic carbocycles. The highest BCUT2D eigenvalue weighted by Gasteiger charge is 2.42. The van der Waals surface area contributed by atoms with Crippen LogP contribution in [0.2, 0.25) is 0 Å². The second-order valence-corrected chi connectivity index (χ2v) is 9.84. The Labute approximate surface area is 206 Å². The minimum absolute atomic E-state index is 0.308. The number of benzene rings is 3. The molecule has 2 heteroatoms. The Morgan fingerprint density at radius 1 is 0.714 bits per heavy atom. The molecule has 2 aromatic heterocycles. The Hall–Kier alpha value is -4.04. The number of aryl methyl sites for hydroxylation is 1. The van der Waals surface area contributed by atoms with Gasteiger partial charge in [-0.1, -0.05) is 54.6 Å². The van der Waals surface area contributed by atoms with Gasteiger partial charge in [0.1, 0.15) is 0 Å². The van der Waals surface area contributed by atoms with E-state index in [1.807, 2.05) is 0 Å². The molecule has 2 aliphatic heterocycles. The summed E-state index contributed by atoms with van der Waals surface area (Å²) in [6.45, 7) is 4.63. The Morgan fingerprint density at radius 2 is 1.49 bits per heavy atom. The van der Waals surface area contributed by atoms with Gasteiger partial charge in [0.15, 0.2) is 24.1 Å². The minimum atomic E-state index is 0.308. The monoisotopic (exact) mass is 452 g/mol. The van der Waals surface area contributed by atoms with Crippen LogP contribution < -0.4 is 9.13 Å². The molecule has 0 radical (unpaired) electrons. The molecule has 4 heterocycles. The van der Waals surface area contributed by atoms with Gasteiger partial charge in [-0.15, -0.1) is 0 Å². The second kappa shape index (κ2) is 8.02. The normalized spacial score (nSPS) is 18.6. The molecule has 0 saturated heterocycles. The Bertz CT molecular complexity index is 1610. The number of pyridine rings is 2. The van der Waals surface area contributed by atoms with Crippen molar-refractivity contribution in [3.63, 3.8) is 0 Å². The molecule has 0 fully saturated rings. The Balaban J connectivity index is 1.48. The maximum atomic E-state index is 4.63. The molecule has 2 unspecified atom stereocenters. The second-order valence-electron chi connectivity index (χ2n) is 9.84. The van der Waals surface area contributed by atoms with Crippen LogP contribution in [0.5, 0.6) is 0 Å². The van der Waals surface area contributed by atoms with Gasteiger partial charge in [-0.05, 0) is 60.2 Å². The van der Waals surface area contributed by atoms with Crippen LogP contribution >= 0.6 is 0 Å². The molecule has 168 valence electrons. The first-order chi connectivity index (χ1) is 17.3. The molecule has 2 atom stereocenters. The lowest BCUT2D eigenvalue weighted by Gasteiger charge is -2.31. The van der Waals surface area contributed by atoms with Gasteiger partial charge in [0.2, 0.25) is 11.4 Å². The number of nitrogens with zero attached hydrogens (tertiary/aromatic N) is 2. The summed E-state index contributed by atoms with van der Waals surface area (Å²) in [4.78, 5) is 0. The average Bonchev–Trinajstić information content (AvgIpc) is 2.92. The predicted octanol–water partition coefficient (Wildman–Crippen LogP) is 6.89.